The molecule has 0 aliphatic rings. The molecule has 0 aliphatic heterocycles. The standard InChI is InChI=1S/C14H12Br2F3NO/c1-8(20-7-11-6-12(15)13(16)21-11)9-3-2-4-10(5-9)14(17,18)19/h2-6,8,20H,7H2,1H3. The molecule has 0 saturated carbocycles. The van der Waals surface area contributed by atoms with Crippen LogP contribution >= 0.6 is 31.9 Å². The Kier molecular flexibility index (Phi) is 5.16. The Morgan fingerprint density at radius 2 is 1.95 bits per heavy atom. The first-order chi connectivity index (χ1) is 9.77. The van der Waals surface area contributed by atoms with Crippen molar-refractivity contribution in [1.82, 2.24) is 5.32 Å². The fourth-order valence-electron chi connectivity index (χ4n) is 1.83. The van der Waals surface area contributed by atoms with Gasteiger partial charge in [0.1, 0.15) is 5.76 Å². The van der Waals surface area contributed by atoms with E-state index in [1.54, 1.807) is 12.1 Å². The van der Waals surface area contributed by atoms with Gasteiger partial charge in [0.05, 0.1) is 16.6 Å². The summed E-state index contributed by atoms with van der Waals surface area (Å²) in [5, 5.41) is 3.13. The molecule has 0 aliphatic carbocycles. The number of benzene rings is 1. The zero-order valence-corrected chi connectivity index (χ0v) is 14.1. The van der Waals surface area contributed by atoms with E-state index in [-0.39, 0.29) is 6.04 Å². The molecule has 2 nitrogen and oxygen atoms in total. The van der Waals surface area contributed by atoms with Crippen molar-refractivity contribution in [3.05, 3.63) is 56.4 Å². The van der Waals surface area contributed by atoms with Gasteiger partial charge < -0.3 is 9.73 Å². The first-order valence-corrected chi connectivity index (χ1v) is 7.70. The fraction of sp³-hybridized carbons (Fsp3) is 0.286. The highest BCUT2D eigenvalue weighted by atomic mass is 79.9. The van der Waals surface area contributed by atoms with Gasteiger partial charge in [0.2, 0.25) is 0 Å². The number of halogens is 5. The molecule has 7 heteroatoms. The molecule has 0 saturated heterocycles. The van der Waals surface area contributed by atoms with Gasteiger partial charge in [-0.25, -0.2) is 0 Å². The molecule has 0 amide bonds. The summed E-state index contributed by atoms with van der Waals surface area (Å²) in [6, 6.07) is 6.88. The van der Waals surface area contributed by atoms with E-state index in [0.717, 1.165) is 16.6 Å². The molecule has 0 bridgehead atoms. The summed E-state index contributed by atoms with van der Waals surface area (Å²) in [6.07, 6.45) is -4.33. The van der Waals surface area contributed by atoms with Gasteiger partial charge in [-0.15, -0.1) is 0 Å². The maximum atomic E-state index is 12.7. The third-order valence-corrected chi connectivity index (χ3v) is 4.70. The van der Waals surface area contributed by atoms with Crippen molar-refractivity contribution in [1.29, 1.82) is 0 Å². The lowest BCUT2D eigenvalue weighted by Crippen LogP contribution is -2.18. The lowest BCUT2D eigenvalue weighted by Gasteiger charge is -2.15. The number of furan rings is 1. The van der Waals surface area contributed by atoms with Crippen molar-refractivity contribution in [2.75, 3.05) is 0 Å². The summed E-state index contributed by atoms with van der Waals surface area (Å²) < 4.78 is 44.8. The monoisotopic (exact) mass is 425 g/mol. The van der Waals surface area contributed by atoms with Crippen LogP contribution in [0.1, 0.15) is 29.9 Å². The van der Waals surface area contributed by atoms with Gasteiger partial charge in [-0.05, 0) is 62.5 Å². The molecule has 0 spiro atoms. The maximum Gasteiger partial charge on any atom is 0.416 e. The summed E-state index contributed by atoms with van der Waals surface area (Å²) in [4.78, 5) is 0. The Bertz CT molecular complexity index is 605. The Hall–Kier alpha value is -0.790. The second-order valence-electron chi connectivity index (χ2n) is 4.56. The molecular formula is C14H12Br2F3NO. The predicted molar refractivity (Wildman–Crippen MR) is 80.8 cm³/mol. The number of alkyl halides is 3. The number of rotatable bonds is 4. The molecule has 1 aromatic heterocycles. The maximum absolute atomic E-state index is 12.7. The molecular weight excluding hydrogens is 415 g/mol. The van der Waals surface area contributed by atoms with E-state index in [2.05, 4.69) is 37.2 Å². The van der Waals surface area contributed by atoms with Crippen molar-refractivity contribution in [3.8, 4) is 0 Å². The smallest absolute Gasteiger partial charge is 0.416 e. The number of hydrogen-bond donors (Lipinski definition) is 1. The van der Waals surface area contributed by atoms with Crippen molar-refractivity contribution in [3.63, 3.8) is 0 Å². The van der Waals surface area contributed by atoms with E-state index >= 15 is 0 Å². The minimum atomic E-state index is -4.33. The lowest BCUT2D eigenvalue weighted by molar-refractivity contribution is -0.137. The van der Waals surface area contributed by atoms with E-state index in [1.165, 1.54) is 6.07 Å². The van der Waals surface area contributed by atoms with Crippen molar-refractivity contribution in [2.24, 2.45) is 0 Å². The second-order valence-corrected chi connectivity index (χ2v) is 6.13. The van der Waals surface area contributed by atoms with E-state index in [0.29, 0.717) is 22.5 Å². The SMILES string of the molecule is CC(NCc1cc(Br)c(Br)o1)c1cccc(C(F)(F)F)c1. The fourth-order valence-corrected chi connectivity index (χ4v) is 2.49. The molecule has 0 radical (unpaired) electrons. The van der Waals surface area contributed by atoms with Crippen LogP contribution in [-0.4, -0.2) is 0 Å². The molecule has 1 unspecified atom stereocenters. The summed E-state index contributed by atoms with van der Waals surface area (Å²) in [7, 11) is 0. The van der Waals surface area contributed by atoms with Crippen molar-refractivity contribution < 1.29 is 17.6 Å². The highest BCUT2D eigenvalue weighted by molar-refractivity contribution is 9.13. The normalized spacial score (nSPS) is 13.4. The van der Waals surface area contributed by atoms with Gasteiger partial charge in [0, 0.05) is 6.04 Å². The van der Waals surface area contributed by atoms with E-state index < -0.39 is 11.7 Å². The summed E-state index contributed by atoms with van der Waals surface area (Å²) in [5.74, 6) is 0.688. The summed E-state index contributed by atoms with van der Waals surface area (Å²) >= 11 is 6.54. The minimum absolute atomic E-state index is 0.227. The summed E-state index contributed by atoms with van der Waals surface area (Å²) in [6.45, 7) is 2.23. The average Bonchev–Trinajstić information content (AvgIpc) is 2.74. The molecule has 1 heterocycles. The van der Waals surface area contributed by atoms with E-state index in [4.69, 9.17) is 4.42 Å². The van der Waals surface area contributed by atoms with Crippen LogP contribution in [0.4, 0.5) is 13.2 Å². The van der Waals surface area contributed by atoms with Gasteiger partial charge in [0.15, 0.2) is 4.67 Å². The molecule has 2 aromatic rings. The zero-order valence-electron chi connectivity index (χ0n) is 11.0. The lowest BCUT2D eigenvalue weighted by atomic mass is 10.0. The van der Waals surface area contributed by atoms with Gasteiger partial charge in [-0.2, -0.15) is 13.2 Å². The molecule has 1 N–H and O–H groups in total. The van der Waals surface area contributed by atoms with Crippen LogP contribution in [0.5, 0.6) is 0 Å². The highest BCUT2D eigenvalue weighted by Crippen LogP contribution is 2.31. The Balaban J connectivity index is 2.05. The van der Waals surface area contributed by atoms with E-state index in [9.17, 15) is 13.2 Å². The highest BCUT2D eigenvalue weighted by Gasteiger charge is 2.30. The Morgan fingerprint density at radius 3 is 2.52 bits per heavy atom. The molecule has 21 heavy (non-hydrogen) atoms. The largest absolute Gasteiger partial charge is 0.452 e. The first kappa shape index (κ1) is 16.6. The van der Waals surface area contributed by atoms with Crippen LogP contribution in [0, 0.1) is 0 Å². The second kappa shape index (κ2) is 6.54. The van der Waals surface area contributed by atoms with Crippen molar-refractivity contribution >= 4 is 31.9 Å². The third kappa shape index (κ3) is 4.34. The van der Waals surface area contributed by atoms with Crippen LogP contribution in [-0.2, 0) is 12.7 Å². The first-order valence-electron chi connectivity index (χ1n) is 6.11. The predicted octanol–water partition coefficient (Wildman–Crippen LogP) is 5.67. The van der Waals surface area contributed by atoms with Crippen LogP contribution < -0.4 is 5.32 Å². The van der Waals surface area contributed by atoms with Crippen LogP contribution in [0.15, 0.2) is 43.9 Å². The minimum Gasteiger partial charge on any atom is -0.452 e. The average molecular weight is 427 g/mol. The topological polar surface area (TPSA) is 25.2 Å². The molecule has 1 aromatic carbocycles. The summed E-state index contributed by atoms with van der Waals surface area (Å²) in [5.41, 5.74) is -0.0633. The number of nitrogens with one attached hydrogen (secondary N) is 1. The Labute approximate surface area is 137 Å². The van der Waals surface area contributed by atoms with Gasteiger partial charge in [-0.1, -0.05) is 12.1 Å². The van der Waals surface area contributed by atoms with Gasteiger partial charge >= 0.3 is 6.18 Å². The molecule has 0 fully saturated rings. The quantitative estimate of drug-likeness (QED) is 0.680. The van der Waals surface area contributed by atoms with Crippen LogP contribution in [0.25, 0.3) is 0 Å². The molecule has 114 valence electrons. The van der Waals surface area contributed by atoms with Crippen LogP contribution in [0.2, 0.25) is 0 Å². The van der Waals surface area contributed by atoms with Crippen molar-refractivity contribution in [2.45, 2.75) is 25.7 Å². The molecule has 1 atom stereocenters. The third-order valence-electron chi connectivity index (χ3n) is 2.99. The van der Waals surface area contributed by atoms with Gasteiger partial charge in [0.25, 0.3) is 0 Å². The van der Waals surface area contributed by atoms with Crippen LogP contribution in [0.3, 0.4) is 0 Å². The Morgan fingerprint density at radius 1 is 1.24 bits per heavy atom. The van der Waals surface area contributed by atoms with Gasteiger partial charge in [-0.3, -0.25) is 0 Å². The number of hydrogen-bond acceptors (Lipinski definition) is 2. The van der Waals surface area contributed by atoms with E-state index in [1.807, 2.05) is 6.92 Å². The zero-order chi connectivity index (χ0) is 15.6. The molecule has 2 rings (SSSR count).